The van der Waals surface area contributed by atoms with Gasteiger partial charge >= 0.3 is 0 Å². The van der Waals surface area contributed by atoms with E-state index in [1.807, 2.05) is 0 Å². The first kappa shape index (κ1) is 15.2. The highest BCUT2D eigenvalue weighted by Gasteiger charge is 2.06. The molecule has 2 rings (SSSR count). The van der Waals surface area contributed by atoms with Crippen molar-refractivity contribution in [1.82, 2.24) is 4.98 Å². The Morgan fingerprint density at radius 1 is 1.19 bits per heavy atom. The van der Waals surface area contributed by atoms with Gasteiger partial charge in [-0.3, -0.25) is 0 Å². The first-order valence-electron chi connectivity index (χ1n) is 6.24. The summed E-state index contributed by atoms with van der Waals surface area (Å²) in [5, 5.41) is 2.92. The number of aromatic nitrogens is 1. The van der Waals surface area contributed by atoms with Crippen molar-refractivity contribution in [3.8, 4) is 5.75 Å². The van der Waals surface area contributed by atoms with Gasteiger partial charge in [-0.2, -0.15) is 4.39 Å². The van der Waals surface area contributed by atoms with E-state index >= 15 is 0 Å². The Balaban J connectivity index is 1.81. The maximum absolute atomic E-state index is 12.8. The van der Waals surface area contributed by atoms with Crippen molar-refractivity contribution in [2.24, 2.45) is 0 Å². The van der Waals surface area contributed by atoms with Crippen LogP contribution in [-0.2, 0) is 9.84 Å². The third-order valence-electron chi connectivity index (χ3n) is 2.64. The molecule has 0 atom stereocenters. The van der Waals surface area contributed by atoms with Crippen LogP contribution in [0.3, 0.4) is 0 Å². The van der Waals surface area contributed by atoms with Crippen LogP contribution in [0.25, 0.3) is 0 Å². The summed E-state index contributed by atoms with van der Waals surface area (Å²) in [5.41, 5.74) is 0. The van der Waals surface area contributed by atoms with Crippen LogP contribution in [0.1, 0.15) is 0 Å². The van der Waals surface area contributed by atoms with E-state index in [1.165, 1.54) is 18.2 Å². The lowest BCUT2D eigenvalue weighted by molar-refractivity contribution is 0.332. The van der Waals surface area contributed by atoms with Crippen LogP contribution in [0.5, 0.6) is 5.75 Å². The maximum atomic E-state index is 12.8. The first-order valence-corrected chi connectivity index (χ1v) is 8.14. The molecule has 0 fully saturated rings. The molecule has 0 amide bonds. The Morgan fingerprint density at radius 2 is 1.90 bits per heavy atom. The minimum absolute atomic E-state index is 0.247. The summed E-state index contributed by atoms with van der Waals surface area (Å²) in [7, 11) is -3.20. The Labute approximate surface area is 122 Å². The second kappa shape index (κ2) is 6.53. The fourth-order valence-corrected chi connectivity index (χ4v) is 2.27. The number of nitrogens with zero attached hydrogens (tertiary/aromatic N) is 1. The summed E-state index contributed by atoms with van der Waals surface area (Å²) in [4.78, 5) is 3.90. The van der Waals surface area contributed by atoms with Gasteiger partial charge < -0.3 is 10.1 Å². The van der Waals surface area contributed by atoms with Gasteiger partial charge in [0.05, 0.1) is 11.4 Å². The minimum Gasteiger partial charge on any atom is -0.492 e. The van der Waals surface area contributed by atoms with Crippen LogP contribution in [0.4, 0.5) is 10.2 Å². The number of nitrogens with one attached hydrogen (secondary N) is 1. The van der Waals surface area contributed by atoms with Gasteiger partial charge in [0.25, 0.3) is 0 Å². The molecule has 1 heterocycles. The lowest BCUT2D eigenvalue weighted by Gasteiger charge is -2.08. The van der Waals surface area contributed by atoms with E-state index in [4.69, 9.17) is 4.74 Å². The van der Waals surface area contributed by atoms with E-state index in [0.717, 1.165) is 6.26 Å². The zero-order valence-corrected chi connectivity index (χ0v) is 12.2. The Hall–Kier alpha value is -2.15. The summed E-state index contributed by atoms with van der Waals surface area (Å²) >= 11 is 0. The summed E-state index contributed by atoms with van der Waals surface area (Å²) in [6.07, 6.45) is 1.15. The quantitative estimate of drug-likeness (QED) is 0.654. The number of ether oxygens (including phenoxy) is 1. The summed E-state index contributed by atoms with van der Waals surface area (Å²) in [6, 6.07) is 10.7. The van der Waals surface area contributed by atoms with Crippen molar-refractivity contribution in [1.29, 1.82) is 0 Å². The van der Waals surface area contributed by atoms with Crippen LogP contribution in [0.15, 0.2) is 47.4 Å². The molecular weight excluding hydrogens is 295 g/mol. The van der Waals surface area contributed by atoms with Gasteiger partial charge in [0.1, 0.15) is 18.2 Å². The van der Waals surface area contributed by atoms with Gasteiger partial charge in [-0.05, 0) is 36.4 Å². The second-order valence-corrected chi connectivity index (χ2v) is 6.38. The zero-order chi connectivity index (χ0) is 15.3. The molecule has 0 bridgehead atoms. The average molecular weight is 310 g/mol. The molecule has 7 heteroatoms. The van der Waals surface area contributed by atoms with Gasteiger partial charge in [-0.1, -0.05) is 6.07 Å². The Kier molecular flexibility index (Phi) is 4.74. The van der Waals surface area contributed by atoms with Gasteiger partial charge in [0, 0.05) is 6.26 Å². The van der Waals surface area contributed by atoms with Gasteiger partial charge in [0.15, 0.2) is 9.84 Å². The molecule has 0 saturated carbocycles. The molecule has 0 aliphatic rings. The molecule has 1 N–H and O–H groups in total. The van der Waals surface area contributed by atoms with Gasteiger partial charge in [-0.25, -0.2) is 13.4 Å². The van der Waals surface area contributed by atoms with E-state index < -0.39 is 15.8 Å². The van der Waals surface area contributed by atoms with Crippen molar-refractivity contribution < 1.29 is 17.5 Å². The van der Waals surface area contributed by atoms with E-state index in [0.29, 0.717) is 24.7 Å². The van der Waals surface area contributed by atoms with Crippen molar-refractivity contribution in [3.63, 3.8) is 0 Å². The third kappa shape index (κ3) is 4.71. The molecule has 0 spiro atoms. The zero-order valence-electron chi connectivity index (χ0n) is 11.4. The highest BCUT2D eigenvalue weighted by molar-refractivity contribution is 7.90. The number of sulfone groups is 1. The standard InChI is InChI=1S/C14H15FN2O3S/c1-21(18,19)12-7-5-11(6-8-12)20-10-9-16-14-4-2-3-13(15)17-14/h2-8H,9-10H2,1H3,(H,16,17). The molecule has 1 aromatic heterocycles. The van der Waals surface area contributed by atoms with Crippen molar-refractivity contribution in [3.05, 3.63) is 48.4 Å². The van der Waals surface area contributed by atoms with Crippen molar-refractivity contribution >= 4 is 15.7 Å². The minimum atomic E-state index is -3.20. The normalized spacial score (nSPS) is 11.1. The van der Waals surface area contributed by atoms with Crippen LogP contribution < -0.4 is 10.1 Å². The van der Waals surface area contributed by atoms with Gasteiger partial charge in [-0.15, -0.1) is 0 Å². The fraction of sp³-hybridized carbons (Fsp3) is 0.214. The smallest absolute Gasteiger partial charge is 0.214 e. The molecule has 2 aromatic rings. The maximum Gasteiger partial charge on any atom is 0.214 e. The van der Waals surface area contributed by atoms with Crippen LogP contribution in [-0.4, -0.2) is 32.8 Å². The number of benzene rings is 1. The van der Waals surface area contributed by atoms with Crippen LogP contribution in [0, 0.1) is 5.95 Å². The van der Waals surface area contributed by atoms with Crippen molar-refractivity contribution in [2.45, 2.75) is 4.90 Å². The predicted molar refractivity (Wildman–Crippen MR) is 77.7 cm³/mol. The fourth-order valence-electron chi connectivity index (χ4n) is 1.64. The molecule has 1 aromatic carbocycles. The predicted octanol–water partition coefficient (Wildman–Crippen LogP) is 2.12. The highest BCUT2D eigenvalue weighted by Crippen LogP contribution is 2.15. The SMILES string of the molecule is CS(=O)(=O)c1ccc(OCCNc2cccc(F)n2)cc1. The molecular formula is C14H15FN2O3S. The van der Waals surface area contributed by atoms with E-state index in [1.54, 1.807) is 24.3 Å². The molecule has 0 aliphatic heterocycles. The molecule has 5 nitrogen and oxygen atoms in total. The molecule has 112 valence electrons. The second-order valence-electron chi connectivity index (χ2n) is 4.36. The first-order chi connectivity index (χ1) is 9.95. The number of hydrogen-bond donors (Lipinski definition) is 1. The topological polar surface area (TPSA) is 68.3 Å². The number of halogens is 1. The lowest BCUT2D eigenvalue weighted by atomic mass is 10.3. The van der Waals surface area contributed by atoms with E-state index in [-0.39, 0.29) is 4.90 Å². The molecule has 0 unspecified atom stereocenters. The summed E-state index contributed by atoms with van der Waals surface area (Å²) in [5.74, 6) is 0.458. The number of anilines is 1. The van der Waals surface area contributed by atoms with E-state index in [2.05, 4.69) is 10.3 Å². The third-order valence-corrected chi connectivity index (χ3v) is 3.77. The Morgan fingerprint density at radius 3 is 2.52 bits per heavy atom. The van der Waals surface area contributed by atoms with Crippen LogP contribution in [0.2, 0.25) is 0 Å². The highest BCUT2D eigenvalue weighted by atomic mass is 32.2. The van der Waals surface area contributed by atoms with Gasteiger partial charge in [0.2, 0.25) is 5.95 Å². The van der Waals surface area contributed by atoms with E-state index in [9.17, 15) is 12.8 Å². The molecule has 0 saturated heterocycles. The Bertz CT molecular complexity index is 702. The molecule has 21 heavy (non-hydrogen) atoms. The molecule has 0 radical (unpaired) electrons. The summed E-state index contributed by atoms with van der Waals surface area (Å²) in [6.45, 7) is 0.792. The summed E-state index contributed by atoms with van der Waals surface area (Å²) < 4.78 is 40.9. The monoisotopic (exact) mass is 310 g/mol. The van der Waals surface area contributed by atoms with Crippen molar-refractivity contribution in [2.75, 3.05) is 24.7 Å². The molecule has 0 aliphatic carbocycles. The van der Waals surface area contributed by atoms with Crippen LogP contribution >= 0.6 is 0 Å². The average Bonchev–Trinajstić information content (AvgIpc) is 2.43. The number of pyridine rings is 1. The largest absolute Gasteiger partial charge is 0.492 e. The number of hydrogen-bond acceptors (Lipinski definition) is 5. The lowest BCUT2D eigenvalue weighted by Crippen LogP contribution is -2.12. The number of rotatable bonds is 6.